The third-order valence-electron chi connectivity index (χ3n) is 4.53. The molecule has 0 spiro atoms. The summed E-state index contributed by atoms with van der Waals surface area (Å²) in [5.74, 6) is 0.0484. The van der Waals surface area contributed by atoms with Gasteiger partial charge in [-0.1, -0.05) is 30.3 Å². The third-order valence-corrected chi connectivity index (χ3v) is 4.53. The fraction of sp³-hybridized carbons (Fsp3) is 0.400. The van der Waals surface area contributed by atoms with Crippen molar-refractivity contribution < 1.29 is 9.53 Å². The van der Waals surface area contributed by atoms with E-state index < -0.39 is 0 Å². The molecule has 6 nitrogen and oxygen atoms in total. The van der Waals surface area contributed by atoms with E-state index in [-0.39, 0.29) is 5.91 Å². The van der Waals surface area contributed by atoms with Crippen LogP contribution in [0.2, 0.25) is 0 Å². The summed E-state index contributed by atoms with van der Waals surface area (Å²) in [5.41, 5.74) is 2.78. The van der Waals surface area contributed by atoms with Crippen molar-refractivity contribution >= 4 is 11.6 Å². The molecule has 0 aliphatic carbocycles. The summed E-state index contributed by atoms with van der Waals surface area (Å²) in [5, 5.41) is 3.21. The van der Waals surface area contributed by atoms with Crippen LogP contribution in [0.5, 0.6) is 0 Å². The SMILES string of the molecule is COCCNc1cncc(C(=O)N2CCN(Cc3ccccc3)CC2)c1. The minimum absolute atomic E-state index is 0.0484. The zero-order chi connectivity index (χ0) is 18.2. The number of carbonyl (C=O) groups excluding carboxylic acids is 1. The molecule has 0 radical (unpaired) electrons. The van der Waals surface area contributed by atoms with Crippen LogP contribution in [0.1, 0.15) is 15.9 Å². The Bertz CT molecular complexity index is 700. The average Bonchev–Trinajstić information content (AvgIpc) is 2.69. The molecule has 2 aromatic rings. The molecule has 1 fully saturated rings. The average molecular weight is 354 g/mol. The fourth-order valence-corrected chi connectivity index (χ4v) is 3.08. The fourth-order valence-electron chi connectivity index (χ4n) is 3.08. The number of pyridine rings is 1. The van der Waals surface area contributed by atoms with Gasteiger partial charge in [0.05, 0.1) is 17.9 Å². The number of amides is 1. The smallest absolute Gasteiger partial charge is 0.255 e. The Morgan fingerprint density at radius 1 is 1.15 bits per heavy atom. The van der Waals surface area contributed by atoms with Crippen molar-refractivity contribution in [2.75, 3.05) is 51.8 Å². The van der Waals surface area contributed by atoms with Gasteiger partial charge in [0.25, 0.3) is 5.91 Å². The van der Waals surface area contributed by atoms with Crippen molar-refractivity contribution in [2.24, 2.45) is 0 Å². The number of benzene rings is 1. The normalized spacial score (nSPS) is 15.0. The summed E-state index contributed by atoms with van der Waals surface area (Å²) in [6.45, 7) is 5.50. The molecule has 3 rings (SSSR count). The van der Waals surface area contributed by atoms with Gasteiger partial charge in [0, 0.05) is 58.8 Å². The van der Waals surface area contributed by atoms with Crippen LogP contribution in [0, 0.1) is 0 Å². The van der Waals surface area contributed by atoms with Gasteiger partial charge in [0.15, 0.2) is 0 Å². The van der Waals surface area contributed by atoms with Gasteiger partial charge >= 0.3 is 0 Å². The molecule has 0 atom stereocenters. The Balaban J connectivity index is 1.52. The van der Waals surface area contributed by atoms with E-state index in [1.165, 1.54) is 5.56 Å². The van der Waals surface area contributed by atoms with E-state index in [0.717, 1.165) is 38.4 Å². The van der Waals surface area contributed by atoms with E-state index in [2.05, 4.69) is 39.5 Å². The van der Waals surface area contributed by atoms with Crippen LogP contribution in [0.3, 0.4) is 0 Å². The molecule has 1 aromatic heterocycles. The maximum absolute atomic E-state index is 12.8. The standard InChI is InChI=1S/C20H26N4O2/c1-26-12-7-22-19-13-18(14-21-15-19)20(25)24-10-8-23(9-11-24)16-17-5-3-2-4-6-17/h2-6,13-15,22H,7-12,16H2,1H3. The predicted octanol–water partition coefficient (Wildman–Crippen LogP) is 2.10. The molecule has 1 saturated heterocycles. The monoisotopic (exact) mass is 354 g/mol. The van der Waals surface area contributed by atoms with Crippen molar-refractivity contribution in [1.29, 1.82) is 0 Å². The van der Waals surface area contributed by atoms with Gasteiger partial charge in [-0.3, -0.25) is 14.7 Å². The van der Waals surface area contributed by atoms with E-state index in [1.54, 1.807) is 19.5 Å². The maximum Gasteiger partial charge on any atom is 0.255 e. The molecule has 1 aliphatic heterocycles. The highest BCUT2D eigenvalue weighted by Gasteiger charge is 2.22. The first-order valence-corrected chi connectivity index (χ1v) is 8.99. The minimum atomic E-state index is 0.0484. The first kappa shape index (κ1) is 18.4. The highest BCUT2D eigenvalue weighted by Crippen LogP contribution is 2.14. The molecule has 1 aromatic carbocycles. The Labute approximate surface area is 154 Å². The molecule has 2 heterocycles. The van der Waals surface area contributed by atoms with Crippen molar-refractivity contribution in [1.82, 2.24) is 14.8 Å². The number of rotatable bonds is 7. The first-order valence-electron chi connectivity index (χ1n) is 8.99. The third kappa shape index (κ3) is 5.03. The van der Waals surface area contributed by atoms with E-state index in [4.69, 9.17) is 4.74 Å². The van der Waals surface area contributed by atoms with E-state index in [1.807, 2.05) is 17.0 Å². The van der Waals surface area contributed by atoms with Gasteiger partial charge in [0.1, 0.15) is 0 Å². The van der Waals surface area contributed by atoms with Crippen LogP contribution in [0.4, 0.5) is 5.69 Å². The molecular weight excluding hydrogens is 328 g/mol. The molecule has 1 N–H and O–H groups in total. The Morgan fingerprint density at radius 2 is 1.92 bits per heavy atom. The molecular formula is C20H26N4O2. The Morgan fingerprint density at radius 3 is 2.65 bits per heavy atom. The summed E-state index contributed by atoms with van der Waals surface area (Å²) in [6, 6.07) is 12.3. The van der Waals surface area contributed by atoms with Crippen LogP contribution in [-0.2, 0) is 11.3 Å². The van der Waals surface area contributed by atoms with Crippen LogP contribution in [-0.4, -0.2) is 67.1 Å². The molecule has 0 unspecified atom stereocenters. The van der Waals surface area contributed by atoms with Crippen molar-refractivity contribution in [3.05, 3.63) is 59.9 Å². The summed E-state index contributed by atoms with van der Waals surface area (Å²) in [6.07, 6.45) is 3.37. The number of carbonyl (C=O) groups is 1. The molecule has 6 heteroatoms. The summed E-state index contributed by atoms with van der Waals surface area (Å²) in [7, 11) is 1.66. The van der Waals surface area contributed by atoms with E-state index in [9.17, 15) is 4.79 Å². The highest BCUT2D eigenvalue weighted by atomic mass is 16.5. The Hall–Kier alpha value is -2.44. The largest absolute Gasteiger partial charge is 0.383 e. The highest BCUT2D eigenvalue weighted by molar-refractivity contribution is 5.94. The number of methoxy groups -OCH3 is 1. The van der Waals surface area contributed by atoms with E-state index >= 15 is 0 Å². The number of aromatic nitrogens is 1. The van der Waals surface area contributed by atoms with Crippen molar-refractivity contribution in [3.63, 3.8) is 0 Å². The molecule has 138 valence electrons. The molecule has 0 bridgehead atoms. The van der Waals surface area contributed by atoms with Gasteiger partial charge in [-0.25, -0.2) is 0 Å². The molecule has 26 heavy (non-hydrogen) atoms. The number of anilines is 1. The second-order valence-electron chi connectivity index (χ2n) is 6.44. The predicted molar refractivity (Wildman–Crippen MR) is 102 cm³/mol. The zero-order valence-corrected chi connectivity index (χ0v) is 15.2. The lowest BCUT2D eigenvalue weighted by Crippen LogP contribution is -2.48. The van der Waals surface area contributed by atoms with Gasteiger partial charge in [-0.05, 0) is 11.6 Å². The van der Waals surface area contributed by atoms with Crippen LogP contribution >= 0.6 is 0 Å². The van der Waals surface area contributed by atoms with Gasteiger partial charge in [-0.15, -0.1) is 0 Å². The summed E-state index contributed by atoms with van der Waals surface area (Å²) in [4.78, 5) is 21.3. The van der Waals surface area contributed by atoms with Crippen molar-refractivity contribution in [2.45, 2.75) is 6.54 Å². The first-order chi connectivity index (χ1) is 12.8. The zero-order valence-electron chi connectivity index (χ0n) is 15.2. The lowest BCUT2D eigenvalue weighted by Gasteiger charge is -2.34. The number of nitrogens with one attached hydrogen (secondary N) is 1. The summed E-state index contributed by atoms with van der Waals surface area (Å²) < 4.78 is 5.03. The lowest BCUT2D eigenvalue weighted by molar-refractivity contribution is 0.0628. The van der Waals surface area contributed by atoms with Gasteiger partial charge in [0.2, 0.25) is 0 Å². The molecule has 1 amide bonds. The number of nitrogens with zero attached hydrogens (tertiary/aromatic N) is 3. The second kappa shape index (κ2) is 9.31. The molecule has 0 saturated carbocycles. The van der Waals surface area contributed by atoms with Gasteiger partial charge in [-0.2, -0.15) is 0 Å². The van der Waals surface area contributed by atoms with Crippen molar-refractivity contribution in [3.8, 4) is 0 Å². The molecule has 1 aliphatic rings. The minimum Gasteiger partial charge on any atom is -0.383 e. The quantitative estimate of drug-likeness (QED) is 0.772. The summed E-state index contributed by atoms with van der Waals surface area (Å²) >= 11 is 0. The van der Waals surface area contributed by atoms with Crippen LogP contribution < -0.4 is 5.32 Å². The number of hydrogen-bond acceptors (Lipinski definition) is 5. The van der Waals surface area contributed by atoms with Crippen LogP contribution in [0.25, 0.3) is 0 Å². The van der Waals surface area contributed by atoms with Crippen LogP contribution in [0.15, 0.2) is 48.8 Å². The maximum atomic E-state index is 12.8. The Kier molecular flexibility index (Phi) is 6.57. The number of hydrogen-bond donors (Lipinski definition) is 1. The topological polar surface area (TPSA) is 57.7 Å². The van der Waals surface area contributed by atoms with E-state index in [0.29, 0.717) is 18.7 Å². The lowest BCUT2D eigenvalue weighted by atomic mass is 10.2. The second-order valence-corrected chi connectivity index (χ2v) is 6.44. The number of piperazine rings is 1. The number of ether oxygens (including phenoxy) is 1. The van der Waals surface area contributed by atoms with Gasteiger partial charge < -0.3 is 15.0 Å².